The van der Waals surface area contributed by atoms with E-state index in [1.54, 1.807) is 7.11 Å². The highest BCUT2D eigenvalue weighted by atomic mass is 16.5. The second-order valence-corrected chi connectivity index (χ2v) is 3.85. The van der Waals surface area contributed by atoms with Gasteiger partial charge in [-0.2, -0.15) is 0 Å². The maximum Gasteiger partial charge on any atom is 0.119 e. The third-order valence-corrected chi connectivity index (χ3v) is 2.53. The average Bonchev–Trinajstić information content (AvgIpc) is 2.34. The Labute approximate surface area is 98.3 Å². The molecule has 0 fully saturated rings. The van der Waals surface area contributed by atoms with Crippen LogP contribution in [0.15, 0.2) is 36.9 Å². The average molecular weight is 219 g/mol. The molecule has 0 bridgehead atoms. The molecular formula is C14H21NO. The molecule has 0 radical (unpaired) electrons. The summed E-state index contributed by atoms with van der Waals surface area (Å²) in [6.07, 6.45) is 4.07. The van der Waals surface area contributed by atoms with E-state index < -0.39 is 0 Å². The van der Waals surface area contributed by atoms with Crippen LogP contribution in [0.3, 0.4) is 0 Å². The van der Waals surface area contributed by atoms with Crippen LogP contribution in [-0.2, 0) is 6.42 Å². The molecule has 0 aliphatic heterocycles. The molecule has 0 amide bonds. The van der Waals surface area contributed by atoms with Gasteiger partial charge in [-0.15, -0.1) is 6.58 Å². The Morgan fingerprint density at radius 2 is 2.31 bits per heavy atom. The lowest BCUT2D eigenvalue weighted by atomic mass is 10.1. The maximum atomic E-state index is 5.20. The largest absolute Gasteiger partial charge is 0.497 e. The molecule has 0 aliphatic carbocycles. The summed E-state index contributed by atoms with van der Waals surface area (Å²) in [5.41, 5.74) is 1.27. The van der Waals surface area contributed by atoms with Crippen LogP contribution < -0.4 is 10.1 Å². The van der Waals surface area contributed by atoms with E-state index in [1.807, 2.05) is 18.2 Å². The summed E-state index contributed by atoms with van der Waals surface area (Å²) < 4.78 is 5.20. The lowest BCUT2D eigenvalue weighted by Gasteiger charge is -2.14. The van der Waals surface area contributed by atoms with Crippen LogP contribution in [0.4, 0.5) is 0 Å². The molecular weight excluding hydrogens is 198 g/mol. The zero-order chi connectivity index (χ0) is 11.8. The highest BCUT2D eigenvalue weighted by molar-refractivity contribution is 5.29. The molecule has 88 valence electrons. The fourth-order valence-corrected chi connectivity index (χ4v) is 1.62. The second-order valence-electron chi connectivity index (χ2n) is 3.85. The zero-order valence-corrected chi connectivity index (χ0v) is 10.2. The van der Waals surface area contributed by atoms with Gasteiger partial charge in [0, 0.05) is 6.04 Å². The van der Waals surface area contributed by atoms with Gasteiger partial charge in [0.2, 0.25) is 0 Å². The Bertz CT molecular complexity index is 322. The molecule has 1 N–H and O–H groups in total. The molecule has 1 rings (SSSR count). The van der Waals surface area contributed by atoms with Gasteiger partial charge < -0.3 is 10.1 Å². The number of nitrogens with one attached hydrogen (secondary N) is 1. The highest BCUT2D eigenvalue weighted by Crippen LogP contribution is 2.14. The maximum absolute atomic E-state index is 5.20. The molecule has 0 aromatic heterocycles. The topological polar surface area (TPSA) is 21.3 Å². The van der Waals surface area contributed by atoms with Crippen LogP contribution >= 0.6 is 0 Å². The molecule has 1 aromatic rings. The monoisotopic (exact) mass is 219 g/mol. The Hall–Kier alpha value is -1.28. The van der Waals surface area contributed by atoms with E-state index in [0.717, 1.165) is 25.1 Å². The minimum Gasteiger partial charge on any atom is -0.497 e. The van der Waals surface area contributed by atoms with Gasteiger partial charge in [-0.1, -0.05) is 25.1 Å². The van der Waals surface area contributed by atoms with Crippen LogP contribution in [0.25, 0.3) is 0 Å². The van der Waals surface area contributed by atoms with Crippen molar-refractivity contribution < 1.29 is 4.74 Å². The summed E-state index contributed by atoms with van der Waals surface area (Å²) >= 11 is 0. The van der Waals surface area contributed by atoms with Crippen LogP contribution in [0.5, 0.6) is 5.75 Å². The lowest BCUT2D eigenvalue weighted by molar-refractivity contribution is 0.414. The molecule has 0 saturated heterocycles. The summed E-state index contributed by atoms with van der Waals surface area (Å²) in [5, 5.41) is 3.45. The summed E-state index contributed by atoms with van der Waals surface area (Å²) in [7, 11) is 1.69. The molecule has 1 atom stereocenters. The van der Waals surface area contributed by atoms with Gasteiger partial charge in [-0.05, 0) is 37.1 Å². The number of ether oxygens (including phenoxy) is 1. The van der Waals surface area contributed by atoms with E-state index in [4.69, 9.17) is 4.74 Å². The Balaban J connectivity index is 2.58. The van der Waals surface area contributed by atoms with Crippen molar-refractivity contribution in [2.24, 2.45) is 0 Å². The molecule has 0 heterocycles. The number of methoxy groups -OCH3 is 1. The molecule has 1 unspecified atom stereocenters. The van der Waals surface area contributed by atoms with Gasteiger partial charge in [0.15, 0.2) is 0 Å². The van der Waals surface area contributed by atoms with Crippen LogP contribution in [0.2, 0.25) is 0 Å². The first-order chi connectivity index (χ1) is 7.80. The van der Waals surface area contributed by atoms with E-state index in [0.29, 0.717) is 6.04 Å². The molecule has 1 aromatic carbocycles. The molecule has 2 heteroatoms. The van der Waals surface area contributed by atoms with E-state index in [1.165, 1.54) is 5.56 Å². The third-order valence-electron chi connectivity index (χ3n) is 2.53. The standard InChI is InChI=1S/C14H21NO/c1-4-9-15-13(5-2)10-12-7-6-8-14(11-12)16-3/h5-8,11,13,15H,2,4,9-10H2,1,3H3. The van der Waals surface area contributed by atoms with Gasteiger partial charge in [0.25, 0.3) is 0 Å². The van der Waals surface area contributed by atoms with Gasteiger partial charge >= 0.3 is 0 Å². The van der Waals surface area contributed by atoms with Crippen molar-refractivity contribution >= 4 is 0 Å². The molecule has 0 spiro atoms. The molecule has 2 nitrogen and oxygen atoms in total. The first-order valence-electron chi connectivity index (χ1n) is 5.79. The molecule has 0 saturated carbocycles. The molecule has 16 heavy (non-hydrogen) atoms. The highest BCUT2D eigenvalue weighted by Gasteiger charge is 2.04. The Morgan fingerprint density at radius 3 is 2.94 bits per heavy atom. The number of benzene rings is 1. The minimum atomic E-state index is 0.340. The van der Waals surface area contributed by atoms with Gasteiger partial charge in [-0.3, -0.25) is 0 Å². The van der Waals surface area contributed by atoms with Crippen LogP contribution in [-0.4, -0.2) is 19.7 Å². The van der Waals surface area contributed by atoms with Gasteiger partial charge in [-0.25, -0.2) is 0 Å². The quantitative estimate of drug-likeness (QED) is 0.712. The van der Waals surface area contributed by atoms with Crippen molar-refractivity contribution in [1.29, 1.82) is 0 Å². The fourth-order valence-electron chi connectivity index (χ4n) is 1.62. The van der Waals surface area contributed by atoms with E-state index in [2.05, 4.69) is 31.0 Å². The predicted molar refractivity (Wildman–Crippen MR) is 69.0 cm³/mol. The summed E-state index contributed by atoms with van der Waals surface area (Å²) in [5.74, 6) is 0.913. The predicted octanol–water partition coefficient (Wildman–Crippen LogP) is 2.79. The lowest BCUT2D eigenvalue weighted by Crippen LogP contribution is -2.29. The van der Waals surface area contributed by atoms with Crippen molar-refractivity contribution in [3.63, 3.8) is 0 Å². The fraction of sp³-hybridized carbons (Fsp3) is 0.429. The van der Waals surface area contributed by atoms with Crippen molar-refractivity contribution in [1.82, 2.24) is 5.32 Å². The van der Waals surface area contributed by atoms with Gasteiger partial charge in [0.1, 0.15) is 5.75 Å². The first-order valence-corrected chi connectivity index (χ1v) is 5.79. The number of rotatable bonds is 7. The second kappa shape index (κ2) is 7.07. The summed E-state index contributed by atoms with van der Waals surface area (Å²) in [6, 6.07) is 8.52. The SMILES string of the molecule is C=CC(Cc1cccc(OC)c1)NCCC. The van der Waals surface area contributed by atoms with E-state index >= 15 is 0 Å². The first kappa shape index (κ1) is 12.8. The van der Waals surface area contributed by atoms with Crippen LogP contribution in [0.1, 0.15) is 18.9 Å². The minimum absolute atomic E-state index is 0.340. The van der Waals surface area contributed by atoms with Crippen molar-refractivity contribution in [3.05, 3.63) is 42.5 Å². The smallest absolute Gasteiger partial charge is 0.119 e. The summed E-state index contributed by atoms with van der Waals surface area (Å²) in [4.78, 5) is 0. The molecule has 0 aliphatic rings. The van der Waals surface area contributed by atoms with E-state index in [9.17, 15) is 0 Å². The number of hydrogen-bond donors (Lipinski definition) is 1. The summed E-state index contributed by atoms with van der Waals surface area (Å²) in [6.45, 7) is 7.05. The normalized spacial score (nSPS) is 12.1. The van der Waals surface area contributed by atoms with Crippen molar-refractivity contribution in [2.45, 2.75) is 25.8 Å². The van der Waals surface area contributed by atoms with Crippen LogP contribution in [0, 0.1) is 0 Å². The third kappa shape index (κ3) is 4.07. The number of hydrogen-bond acceptors (Lipinski definition) is 2. The Morgan fingerprint density at radius 1 is 1.50 bits per heavy atom. The zero-order valence-electron chi connectivity index (χ0n) is 10.2. The van der Waals surface area contributed by atoms with Crippen molar-refractivity contribution in [2.75, 3.05) is 13.7 Å². The van der Waals surface area contributed by atoms with Gasteiger partial charge in [0.05, 0.1) is 7.11 Å². The Kier molecular flexibility index (Phi) is 5.65. The van der Waals surface area contributed by atoms with E-state index in [-0.39, 0.29) is 0 Å². The van der Waals surface area contributed by atoms with Crippen molar-refractivity contribution in [3.8, 4) is 5.75 Å².